The summed E-state index contributed by atoms with van der Waals surface area (Å²) >= 11 is 0. The molecule has 25 heavy (non-hydrogen) atoms. The fourth-order valence-corrected chi connectivity index (χ4v) is 2.24. The van der Waals surface area contributed by atoms with Crippen LogP contribution in [0.15, 0.2) is 12.1 Å². The van der Waals surface area contributed by atoms with E-state index in [2.05, 4.69) is 4.74 Å². The van der Waals surface area contributed by atoms with Gasteiger partial charge in [0.25, 0.3) is 0 Å². The normalized spacial score (nSPS) is 11.9. The SMILES string of the molecule is COC(=O)Cc1cc(N(C)C(=O)OC(C)(C)C)c(C)c([B-](F)(F)F)c1. The average molecular weight is 360 g/mol. The number of methoxy groups -OCH3 is 1. The second-order valence-electron chi connectivity index (χ2n) is 6.70. The first-order chi connectivity index (χ1) is 11.3. The number of carbonyl (C=O) groups excluding carboxylic acids is 2. The van der Waals surface area contributed by atoms with Crippen molar-refractivity contribution in [2.24, 2.45) is 0 Å². The molecule has 1 aromatic carbocycles. The van der Waals surface area contributed by atoms with Gasteiger partial charge in [-0.1, -0.05) is 11.6 Å². The van der Waals surface area contributed by atoms with Crippen LogP contribution in [0.4, 0.5) is 23.4 Å². The summed E-state index contributed by atoms with van der Waals surface area (Å²) in [5.41, 5.74) is -1.61. The zero-order chi connectivity index (χ0) is 19.6. The standard InChI is InChI=1S/C16H22BF3NO4/c1-10-12(17(18,19)20)7-11(9-14(22)24-6)8-13(10)21(5)15(23)25-16(2,3)4/h7-8H,9H2,1-6H3/q-1. The van der Waals surface area contributed by atoms with Gasteiger partial charge in [0.2, 0.25) is 0 Å². The molecular formula is C16H22BF3NO4-. The monoisotopic (exact) mass is 360 g/mol. The number of amides is 1. The number of carbonyl (C=O) groups is 2. The molecule has 0 aliphatic carbocycles. The van der Waals surface area contributed by atoms with E-state index in [9.17, 15) is 22.5 Å². The molecule has 140 valence electrons. The van der Waals surface area contributed by atoms with E-state index in [4.69, 9.17) is 4.74 Å². The highest BCUT2D eigenvalue weighted by Gasteiger charge is 2.31. The molecule has 0 aliphatic heterocycles. The first kappa shape index (κ1) is 20.9. The van der Waals surface area contributed by atoms with Gasteiger partial charge in [-0.3, -0.25) is 9.69 Å². The second kappa shape index (κ2) is 7.37. The van der Waals surface area contributed by atoms with Crippen LogP contribution in [-0.2, 0) is 20.7 Å². The smallest absolute Gasteiger partial charge is 0.469 e. The number of ether oxygens (including phenoxy) is 2. The highest BCUT2D eigenvalue weighted by atomic mass is 19.4. The number of rotatable bonds is 4. The van der Waals surface area contributed by atoms with Gasteiger partial charge in [-0.05, 0) is 39.3 Å². The Morgan fingerprint density at radius 1 is 1.20 bits per heavy atom. The molecular weight excluding hydrogens is 338 g/mol. The van der Waals surface area contributed by atoms with Crippen molar-refractivity contribution in [3.63, 3.8) is 0 Å². The van der Waals surface area contributed by atoms with Gasteiger partial charge >= 0.3 is 19.0 Å². The Morgan fingerprint density at radius 3 is 2.20 bits per heavy atom. The molecule has 1 aromatic rings. The van der Waals surface area contributed by atoms with Gasteiger partial charge in [-0.2, -0.15) is 0 Å². The average Bonchev–Trinajstić information content (AvgIpc) is 2.44. The van der Waals surface area contributed by atoms with Crippen molar-refractivity contribution in [1.29, 1.82) is 0 Å². The van der Waals surface area contributed by atoms with Crippen LogP contribution in [0, 0.1) is 6.92 Å². The lowest BCUT2D eigenvalue weighted by Gasteiger charge is -2.28. The number of esters is 1. The molecule has 0 unspecified atom stereocenters. The molecule has 0 saturated carbocycles. The summed E-state index contributed by atoms with van der Waals surface area (Å²) in [7, 11) is 2.48. The number of hydrogen-bond donors (Lipinski definition) is 0. The predicted octanol–water partition coefficient (Wildman–Crippen LogP) is 3.14. The van der Waals surface area contributed by atoms with Crippen LogP contribution in [0.5, 0.6) is 0 Å². The Bertz CT molecular complexity index is 669. The van der Waals surface area contributed by atoms with Crippen molar-refractivity contribution in [2.45, 2.75) is 39.7 Å². The molecule has 9 heteroatoms. The second-order valence-corrected chi connectivity index (χ2v) is 6.70. The van der Waals surface area contributed by atoms with Gasteiger partial charge in [0.05, 0.1) is 13.5 Å². The van der Waals surface area contributed by atoms with Crippen molar-refractivity contribution in [3.8, 4) is 0 Å². The number of benzene rings is 1. The van der Waals surface area contributed by atoms with Crippen LogP contribution >= 0.6 is 0 Å². The minimum Gasteiger partial charge on any atom is -0.469 e. The summed E-state index contributed by atoms with van der Waals surface area (Å²) in [5, 5.41) is 0. The van der Waals surface area contributed by atoms with Crippen LogP contribution < -0.4 is 10.4 Å². The van der Waals surface area contributed by atoms with Gasteiger partial charge in [0, 0.05) is 12.7 Å². The van der Waals surface area contributed by atoms with E-state index in [1.54, 1.807) is 20.8 Å². The van der Waals surface area contributed by atoms with Gasteiger partial charge in [-0.15, -0.1) is 5.46 Å². The lowest BCUT2D eigenvalue weighted by atomic mass is 9.75. The van der Waals surface area contributed by atoms with E-state index in [1.807, 2.05) is 0 Å². The third kappa shape index (κ3) is 5.69. The zero-order valence-electron chi connectivity index (χ0n) is 15.2. The molecule has 0 atom stereocenters. The molecule has 0 aromatic heterocycles. The molecule has 1 rings (SSSR count). The maximum Gasteiger partial charge on any atom is 0.509 e. The lowest BCUT2D eigenvalue weighted by Crippen LogP contribution is -2.40. The summed E-state index contributed by atoms with van der Waals surface area (Å²) in [5.74, 6) is -0.671. The van der Waals surface area contributed by atoms with Gasteiger partial charge in [0.1, 0.15) is 5.60 Å². The van der Waals surface area contributed by atoms with E-state index in [0.29, 0.717) is 0 Å². The van der Waals surface area contributed by atoms with Gasteiger partial charge in [-0.25, -0.2) is 4.79 Å². The predicted molar refractivity (Wildman–Crippen MR) is 90.2 cm³/mol. The van der Waals surface area contributed by atoms with Crippen molar-refractivity contribution < 1.29 is 32.0 Å². The zero-order valence-corrected chi connectivity index (χ0v) is 15.2. The first-order valence-electron chi connectivity index (χ1n) is 7.63. The Hall–Kier alpha value is -2.19. The highest BCUT2D eigenvalue weighted by Crippen LogP contribution is 2.25. The summed E-state index contributed by atoms with van der Waals surface area (Å²) in [4.78, 5) is 24.6. The Balaban J connectivity index is 3.39. The van der Waals surface area contributed by atoms with E-state index < -0.39 is 30.1 Å². The van der Waals surface area contributed by atoms with Crippen molar-refractivity contribution in [3.05, 3.63) is 23.3 Å². The minimum absolute atomic E-state index is 0.0323. The summed E-state index contributed by atoms with van der Waals surface area (Å²) in [6.07, 6.45) is -1.11. The molecule has 0 bridgehead atoms. The summed E-state index contributed by atoms with van der Waals surface area (Å²) in [6.45, 7) is 0.933. The van der Waals surface area contributed by atoms with Crippen LogP contribution in [0.25, 0.3) is 0 Å². The summed E-state index contributed by atoms with van der Waals surface area (Å²) in [6, 6.07) is 2.28. The Morgan fingerprint density at radius 2 is 1.76 bits per heavy atom. The Labute approximate surface area is 145 Å². The van der Waals surface area contributed by atoms with E-state index >= 15 is 0 Å². The Kier molecular flexibility index (Phi) is 6.15. The third-order valence-corrected chi connectivity index (χ3v) is 3.44. The quantitative estimate of drug-likeness (QED) is 0.612. The van der Waals surface area contributed by atoms with Crippen molar-refractivity contribution in [2.75, 3.05) is 19.1 Å². The molecule has 0 heterocycles. The summed E-state index contributed by atoms with van der Waals surface area (Å²) < 4.78 is 49.8. The molecule has 0 aliphatic rings. The van der Waals surface area contributed by atoms with Crippen LogP contribution in [-0.4, -0.2) is 38.8 Å². The number of halogens is 3. The van der Waals surface area contributed by atoms with E-state index in [1.165, 1.54) is 20.0 Å². The topological polar surface area (TPSA) is 55.8 Å². The van der Waals surface area contributed by atoms with E-state index in [-0.39, 0.29) is 23.2 Å². The molecule has 0 N–H and O–H groups in total. The van der Waals surface area contributed by atoms with Crippen molar-refractivity contribution >= 4 is 30.2 Å². The van der Waals surface area contributed by atoms with Gasteiger partial charge < -0.3 is 22.4 Å². The number of hydrogen-bond acceptors (Lipinski definition) is 4. The lowest BCUT2D eigenvalue weighted by molar-refractivity contribution is -0.139. The maximum atomic E-state index is 13.4. The molecule has 0 saturated heterocycles. The first-order valence-corrected chi connectivity index (χ1v) is 7.63. The third-order valence-electron chi connectivity index (χ3n) is 3.44. The molecule has 5 nitrogen and oxygen atoms in total. The minimum atomic E-state index is -5.32. The van der Waals surface area contributed by atoms with Crippen LogP contribution in [0.2, 0.25) is 0 Å². The van der Waals surface area contributed by atoms with E-state index in [0.717, 1.165) is 18.1 Å². The molecule has 1 amide bonds. The highest BCUT2D eigenvalue weighted by molar-refractivity contribution is 6.74. The van der Waals surface area contributed by atoms with Crippen LogP contribution in [0.1, 0.15) is 31.9 Å². The maximum absolute atomic E-state index is 13.4. The number of nitrogens with zero attached hydrogens (tertiary/aromatic N) is 1. The fraction of sp³-hybridized carbons (Fsp3) is 0.500. The van der Waals surface area contributed by atoms with Gasteiger partial charge in [0.15, 0.2) is 0 Å². The van der Waals surface area contributed by atoms with Crippen LogP contribution in [0.3, 0.4) is 0 Å². The molecule has 0 radical (unpaired) electrons. The van der Waals surface area contributed by atoms with Crippen molar-refractivity contribution in [1.82, 2.24) is 0 Å². The molecule has 0 fully saturated rings. The molecule has 0 spiro atoms. The number of anilines is 1. The largest absolute Gasteiger partial charge is 0.509 e. The fourth-order valence-electron chi connectivity index (χ4n) is 2.24.